The van der Waals surface area contributed by atoms with Crippen LogP contribution >= 0.6 is 0 Å². The highest BCUT2D eigenvalue weighted by atomic mass is 16.5. The number of benzene rings is 3. The molecular weight excluding hydrogens is 520 g/mol. The first-order valence-corrected chi connectivity index (χ1v) is 13.9. The molecule has 2 N–H and O–H groups in total. The van der Waals surface area contributed by atoms with E-state index in [1.165, 1.54) is 24.7 Å². The average Bonchev–Trinajstić information content (AvgIpc) is 3.26. The van der Waals surface area contributed by atoms with E-state index < -0.39 is 11.9 Å². The smallest absolute Gasteiger partial charge is 0.264 e. The fourth-order valence-corrected chi connectivity index (χ4v) is 5.91. The monoisotopic (exact) mass is 556 g/mol. The van der Waals surface area contributed by atoms with Crippen LogP contribution in [0.15, 0.2) is 66.7 Å². The fraction of sp³-hybridized carbons (Fsp3) is 0.344. The first kappa shape index (κ1) is 28.2. The van der Waals surface area contributed by atoms with Crippen LogP contribution in [0.25, 0.3) is 0 Å². The normalized spacial score (nSPS) is 16.9. The maximum atomic E-state index is 14.1. The molecule has 0 unspecified atom stereocenters. The molecule has 2 aliphatic heterocycles. The Bertz CT molecular complexity index is 1440. The number of primary amides is 1. The Morgan fingerprint density at radius 2 is 1.56 bits per heavy atom. The van der Waals surface area contributed by atoms with Gasteiger partial charge in [-0.3, -0.25) is 24.2 Å². The standard InChI is InChI=1S/C32H36N4O5/c1-21(22-8-5-4-6-9-22)34-16-18-35(19-17-34)26-11-7-10-24-30(26)32(39)36(31(24)38)25(13-15-29(33)37)23-12-14-27(40-2)28(20-23)41-3/h4-12,14,20-21,25H,13,15-19H2,1-3H3,(H2,33,37)/t21-,25-/m1/s1. The SMILES string of the molecule is COc1ccc([C@@H](CCC(N)=O)N2C(=O)c3cccc(N4CCN([C@H](C)c5ccccc5)CC4)c3C2=O)cc1OC. The summed E-state index contributed by atoms with van der Waals surface area (Å²) in [6.45, 7) is 5.34. The number of piperazine rings is 1. The van der Waals surface area contributed by atoms with E-state index in [1.807, 2.05) is 18.2 Å². The van der Waals surface area contributed by atoms with Gasteiger partial charge in [-0.2, -0.15) is 0 Å². The molecule has 0 saturated carbocycles. The van der Waals surface area contributed by atoms with E-state index in [2.05, 4.69) is 41.0 Å². The van der Waals surface area contributed by atoms with Crippen molar-refractivity contribution in [3.05, 3.63) is 89.0 Å². The van der Waals surface area contributed by atoms with Crippen LogP contribution in [0.5, 0.6) is 11.5 Å². The van der Waals surface area contributed by atoms with Gasteiger partial charge in [0, 0.05) is 38.6 Å². The number of fused-ring (bicyclic) bond motifs is 1. The van der Waals surface area contributed by atoms with Crippen molar-refractivity contribution in [1.82, 2.24) is 9.80 Å². The van der Waals surface area contributed by atoms with Crippen LogP contribution in [-0.4, -0.2) is 67.9 Å². The summed E-state index contributed by atoms with van der Waals surface area (Å²) in [4.78, 5) is 45.5. The molecular formula is C32H36N4O5. The second kappa shape index (κ2) is 12.0. The van der Waals surface area contributed by atoms with Crippen molar-refractivity contribution in [3.8, 4) is 11.5 Å². The van der Waals surface area contributed by atoms with E-state index in [4.69, 9.17) is 15.2 Å². The van der Waals surface area contributed by atoms with Crippen LogP contribution in [0.1, 0.15) is 63.7 Å². The maximum Gasteiger partial charge on any atom is 0.264 e. The zero-order valence-electron chi connectivity index (χ0n) is 23.7. The van der Waals surface area contributed by atoms with Gasteiger partial charge in [0.25, 0.3) is 11.8 Å². The Kier molecular flexibility index (Phi) is 8.26. The van der Waals surface area contributed by atoms with Gasteiger partial charge < -0.3 is 20.1 Å². The van der Waals surface area contributed by atoms with Gasteiger partial charge in [-0.1, -0.05) is 42.5 Å². The van der Waals surface area contributed by atoms with Crippen LogP contribution < -0.4 is 20.1 Å². The average molecular weight is 557 g/mol. The predicted octanol–water partition coefficient (Wildman–Crippen LogP) is 4.19. The van der Waals surface area contributed by atoms with E-state index in [0.29, 0.717) is 28.2 Å². The molecule has 0 aromatic heterocycles. The molecule has 3 aromatic rings. The summed E-state index contributed by atoms with van der Waals surface area (Å²) in [5.74, 6) is -0.267. The molecule has 3 aromatic carbocycles. The van der Waals surface area contributed by atoms with Crippen LogP contribution in [0.3, 0.4) is 0 Å². The number of methoxy groups -OCH3 is 2. The summed E-state index contributed by atoms with van der Waals surface area (Å²) in [5, 5.41) is 0. The number of nitrogens with zero attached hydrogens (tertiary/aromatic N) is 3. The molecule has 0 aliphatic carbocycles. The second-order valence-corrected chi connectivity index (χ2v) is 10.4. The van der Waals surface area contributed by atoms with Gasteiger partial charge in [-0.15, -0.1) is 0 Å². The number of hydrogen-bond donors (Lipinski definition) is 1. The van der Waals surface area contributed by atoms with Gasteiger partial charge in [-0.05, 0) is 48.7 Å². The van der Waals surface area contributed by atoms with Gasteiger partial charge in [-0.25, -0.2) is 0 Å². The summed E-state index contributed by atoms with van der Waals surface area (Å²) >= 11 is 0. The fourth-order valence-electron chi connectivity index (χ4n) is 5.91. The summed E-state index contributed by atoms with van der Waals surface area (Å²) in [7, 11) is 3.06. The zero-order chi connectivity index (χ0) is 29.1. The molecule has 9 nitrogen and oxygen atoms in total. The lowest BCUT2D eigenvalue weighted by Gasteiger charge is -2.39. The minimum atomic E-state index is -0.703. The number of hydrogen-bond acceptors (Lipinski definition) is 7. The third kappa shape index (κ3) is 5.50. The van der Waals surface area contributed by atoms with Crippen LogP contribution in [0, 0.1) is 0 Å². The number of imide groups is 1. The highest BCUT2D eigenvalue weighted by molar-refractivity contribution is 6.24. The topological polar surface area (TPSA) is 105 Å². The molecule has 0 bridgehead atoms. The Hall–Kier alpha value is -4.37. The molecule has 214 valence electrons. The number of rotatable bonds is 10. The summed E-state index contributed by atoms with van der Waals surface area (Å²) in [6.07, 6.45) is 0.211. The minimum absolute atomic E-state index is 0.0147. The lowest BCUT2D eigenvalue weighted by molar-refractivity contribution is -0.118. The molecule has 1 saturated heterocycles. The first-order chi connectivity index (χ1) is 19.8. The number of anilines is 1. The van der Waals surface area contributed by atoms with Crippen LogP contribution in [0.2, 0.25) is 0 Å². The van der Waals surface area contributed by atoms with E-state index in [0.717, 1.165) is 31.9 Å². The first-order valence-electron chi connectivity index (χ1n) is 13.9. The number of amides is 3. The van der Waals surface area contributed by atoms with E-state index in [9.17, 15) is 14.4 Å². The van der Waals surface area contributed by atoms with Crippen molar-refractivity contribution in [2.45, 2.75) is 31.8 Å². The third-order valence-corrected chi connectivity index (χ3v) is 8.18. The minimum Gasteiger partial charge on any atom is -0.493 e. The number of carbonyl (C=O) groups is 3. The molecule has 1 fully saturated rings. The van der Waals surface area contributed by atoms with Crippen LogP contribution in [-0.2, 0) is 4.79 Å². The molecule has 2 heterocycles. The number of carbonyl (C=O) groups excluding carboxylic acids is 3. The van der Waals surface area contributed by atoms with Crippen molar-refractivity contribution >= 4 is 23.4 Å². The Labute approximate surface area is 240 Å². The number of nitrogens with two attached hydrogens (primary N) is 1. The van der Waals surface area contributed by atoms with E-state index in [1.54, 1.807) is 24.3 Å². The van der Waals surface area contributed by atoms with Crippen molar-refractivity contribution in [3.63, 3.8) is 0 Å². The summed E-state index contributed by atoms with van der Waals surface area (Å²) in [6, 6.07) is 20.7. The van der Waals surface area contributed by atoms with Gasteiger partial charge in [0.1, 0.15) is 0 Å². The quantitative estimate of drug-likeness (QED) is 0.373. The third-order valence-electron chi connectivity index (χ3n) is 8.18. The van der Waals surface area contributed by atoms with Gasteiger partial charge in [0.15, 0.2) is 11.5 Å². The van der Waals surface area contributed by atoms with Gasteiger partial charge in [0.2, 0.25) is 5.91 Å². The van der Waals surface area contributed by atoms with Gasteiger partial charge in [0.05, 0.1) is 37.1 Å². The lowest BCUT2D eigenvalue weighted by Crippen LogP contribution is -2.47. The molecule has 5 rings (SSSR count). The maximum absolute atomic E-state index is 14.1. The molecule has 41 heavy (non-hydrogen) atoms. The molecule has 2 aliphatic rings. The van der Waals surface area contributed by atoms with Crippen molar-refractivity contribution < 1.29 is 23.9 Å². The summed E-state index contributed by atoms with van der Waals surface area (Å²) in [5.41, 5.74) is 8.95. The molecule has 3 amide bonds. The Morgan fingerprint density at radius 3 is 2.22 bits per heavy atom. The van der Waals surface area contributed by atoms with Crippen molar-refractivity contribution in [2.24, 2.45) is 5.73 Å². The van der Waals surface area contributed by atoms with E-state index >= 15 is 0 Å². The molecule has 0 radical (unpaired) electrons. The van der Waals surface area contributed by atoms with Crippen molar-refractivity contribution in [2.75, 3.05) is 45.3 Å². The second-order valence-electron chi connectivity index (χ2n) is 10.4. The Morgan fingerprint density at radius 1 is 0.854 bits per heavy atom. The zero-order valence-corrected chi connectivity index (χ0v) is 23.7. The van der Waals surface area contributed by atoms with E-state index in [-0.39, 0.29) is 30.7 Å². The molecule has 9 heteroatoms. The largest absolute Gasteiger partial charge is 0.493 e. The molecule has 2 atom stereocenters. The highest BCUT2D eigenvalue weighted by Crippen LogP contribution is 2.40. The summed E-state index contributed by atoms with van der Waals surface area (Å²) < 4.78 is 10.8. The molecule has 0 spiro atoms. The van der Waals surface area contributed by atoms with Gasteiger partial charge >= 0.3 is 0 Å². The number of ether oxygens (including phenoxy) is 2. The van der Waals surface area contributed by atoms with Crippen LogP contribution in [0.4, 0.5) is 5.69 Å². The predicted molar refractivity (Wildman–Crippen MR) is 156 cm³/mol. The Balaban J connectivity index is 1.42. The highest BCUT2D eigenvalue weighted by Gasteiger charge is 2.43. The van der Waals surface area contributed by atoms with Crippen molar-refractivity contribution in [1.29, 1.82) is 0 Å². The lowest BCUT2D eigenvalue weighted by atomic mass is 9.99.